The van der Waals surface area contributed by atoms with Crippen LogP contribution in [-0.2, 0) is 34.2 Å². The fraction of sp³-hybridized carbons (Fsp3) is 0.441. The molecule has 1 atom stereocenters. The van der Waals surface area contributed by atoms with Gasteiger partial charge < -0.3 is 14.0 Å². The minimum absolute atomic E-state index is 0.106. The Bertz CT molecular complexity index is 1320. The quantitative estimate of drug-likeness (QED) is 0.0982. The summed E-state index contributed by atoms with van der Waals surface area (Å²) >= 11 is 3.21. The first kappa shape index (κ1) is 34.9. The largest absolute Gasteiger partial charge is 0.508 e. The summed E-state index contributed by atoms with van der Waals surface area (Å²) in [5, 5.41) is 9.70. The minimum Gasteiger partial charge on any atom is -0.508 e. The number of phenolic OH excluding ortho intramolecular Hbond substituents is 1. The van der Waals surface area contributed by atoms with Crippen LogP contribution >= 0.6 is 23.5 Å². The number of hydrogen-bond acceptors (Lipinski definition) is 8. The van der Waals surface area contributed by atoms with E-state index in [0.29, 0.717) is 18.8 Å². The first-order valence-electron chi connectivity index (χ1n) is 15.0. The van der Waals surface area contributed by atoms with Crippen molar-refractivity contribution in [1.29, 1.82) is 0 Å². The van der Waals surface area contributed by atoms with E-state index in [-0.39, 0.29) is 21.9 Å². The maximum Gasteiger partial charge on any atom is 0.306 e. The zero-order chi connectivity index (χ0) is 30.9. The van der Waals surface area contributed by atoms with Crippen LogP contribution in [-0.4, -0.2) is 48.3 Å². The minimum atomic E-state index is -3.56. The van der Waals surface area contributed by atoms with Crippen molar-refractivity contribution >= 4 is 38.8 Å². The van der Waals surface area contributed by atoms with E-state index in [4.69, 9.17) is 8.92 Å². The normalized spacial score (nSPS) is 12.1. The lowest BCUT2D eigenvalue weighted by Gasteiger charge is -2.16. The number of ether oxygens (including phenoxy) is 1. The topological polar surface area (TPSA) is 89.9 Å². The predicted molar refractivity (Wildman–Crippen MR) is 180 cm³/mol. The molecule has 43 heavy (non-hydrogen) atoms. The maximum absolute atomic E-state index is 13.3. The zero-order valence-corrected chi connectivity index (χ0v) is 27.7. The van der Waals surface area contributed by atoms with E-state index in [1.807, 2.05) is 12.1 Å². The third kappa shape index (κ3) is 14.6. The highest BCUT2D eigenvalue weighted by molar-refractivity contribution is 8.16. The average Bonchev–Trinajstić information content (AvgIpc) is 2.98. The second-order valence-electron chi connectivity index (χ2n) is 10.6. The van der Waals surface area contributed by atoms with Crippen LogP contribution in [0.15, 0.2) is 72.8 Å². The Morgan fingerprint density at radius 3 is 2.02 bits per heavy atom. The number of unbranched alkanes of at least 4 members (excludes halogenated alkanes) is 5. The third-order valence-corrected chi connectivity index (χ3v) is 9.76. The number of carbonyl (C=O) groups excluding carboxylic acids is 1. The predicted octanol–water partition coefficient (Wildman–Crippen LogP) is 7.86. The van der Waals surface area contributed by atoms with E-state index in [0.717, 1.165) is 53.7 Å². The van der Waals surface area contributed by atoms with E-state index >= 15 is 0 Å². The van der Waals surface area contributed by atoms with Crippen molar-refractivity contribution in [1.82, 2.24) is 0 Å². The molecular weight excluding hydrogens is 601 g/mol. The summed E-state index contributed by atoms with van der Waals surface area (Å²) in [6, 6.07) is 22.2. The third-order valence-electron chi connectivity index (χ3n) is 6.83. The summed E-state index contributed by atoms with van der Waals surface area (Å²) in [4.78, 5) is 13.3. The molecule has 0 heterocycles. The summed E-state index contributed by atoms with van der Waals surface area (Å²) in [6.07, 6.45) is 10.6. The smallest absolute Gasteiger partial charge is 0.306 e. The van der Waals surface area contributed by atoms with Gasteiger partial charge in [-0.2, -0.15) is 8.42 Å². The molecule has 0 spiro atoms. The summed E-state index contributed by atoms with van der Waals surface area (Å²) < 4.78 is 33.2. The lowest BCUT2D eigenvalue weighted by Crippen LogP contribution is -2.18. The van der Waals surface area contributed by atoms with Gasteiger partial charge in [0, 0.05) is 12.2 Å². The molecule has 0 bridgehead atoms. The molecule has 3 aromatic carbocycles. The summed E-state index contributed by atoms with van der Waals surface area (Å²) in [6.45, 7) is 2.70. The van der Waals surface area contributed by atoms with Crippen LogP contribution in [0.25, 0.3) is 0 Å². The van der Waals surface area contributed by atoms with Gasteiger partial charge in [-0.25, -0.2) is 0 Å². The molecule has 0 unspecified atom stereocenters. The van der Waals surface area contributed by atoms with E-state index < -0.39 is 10.1 Å². The number of thioether (sulfide) groups is 2. The lowest BCUT2D eigenvalue weighted by atomic mass is 10.1. The second-order valence-corrected chi connectivity index (χ2v) is 14.6. The first-order valence-corrected chi connectivity index (χ1v) is 18.8. The lowest BCUT2D eigenvalue weighted by molar-refractivity contribution is -0.110. The Morgan fingerprint density at radius 1 is 0.767 bits per heavy atom. The van der Waals surface area contributed by atoms with Gasteiger partial charge in [0.05, 0.1) is 18.1 Å². The second kappa shape index (κ2) is 18.9. The van der Waals surface area contributed by atoms with Gasteiger partial charge in [0.15, 0.2) is 0 Å². The molecule has 1 N–H and O–H groups in total. The molecule has 0 saturated heterocycles. The number of carbonyl (C=O) groups is 1. The van der Waals surface area contributed by atoms with Crippen molar-refractivity contribution in [2.75, 3.05) is 24.4 Å². The average molecular weight is 645 g/mol. The first-order chi connectivity index (χ1) is 20.7. The fourth-order valence-corrected chi connectivity index (χ4v) is 7.22. The number of rotatable bonds is 20. The van der Waals surface area contributed by atoms with Crippen molar-refractivity contribution in [3.63, 3.8) is 0 Å². The number of hydrogen-bond donors (Lipinski definition) is 1. The molecule has 0 fully saturated rings. The van der Waals surface area contributed by atoms with Gasteiger partial charge in [0.25, 0.3) is 0 Å². The Kier molecular flexibility index (Phi) is 15.3. The molecule has 6 nitrogen and oxygen atoms in total. The Balaban J connectivity index is 1.49. The molecule has 0 aromatic heterocycles. The zero-order valence-electron chi connectivity index (χ0n) is 25.2. The van der Waals surface area contributed by atoms with Gasteiger partial charge in [0.2, 0.25) is 5.12 Å². The van der Waals surface area contributed by atoms with E-state index in [1.54, 1.807) is 48.2 Å². The van der Waals surface area contributed by atoms with Gasteiger partial charge >= 0.3 is 10.1 Å². The standard InChI is InChI=1S/C34H44O6S3/c1-3-4-5-6-7-8-24-42-34(36)33(41-25-22-28-13-15-30(35)16-14-28)26-29-11-9-27(10-12-29)21-23-39-31-17-19-32(20-18-31)40-43(2,37)38/h9-20,33,35H,3-8,21-26H2,1-2H3/t33-/m1/s1. The highest BCUT2D eigenvalue weighted by Gasteiger charge is 2.20. The summed E-state index contributed by atoms with van der Waals surface area (Å²) in [5.41, 5.74) is 3.43. The van der Waals surface area contributed by atoms with Crippen LogP contribution in [0.3, 0.4) is 0 Å². The van der Waals surface area contributed by atoms with Crippen LogP contribution in [0.2, 0.25) is 0 Å². The highest BCUT2D eigenvalue weighted by atomic mass is 32.2. The van der Waals surface area contributed by atoms with Crippen molar-refractivity contribution < 1.29 is 27.2 Å². The Morgan fingerprint density at radius 2 is 1.35 bits per heavy atom. The molecule has 0 aliphatic heterocycles. The van der Waals surface area contributed by atoms with E-state index in [1.165, 1.54) is 43.9 Å². The fourth-order valence-electron chi connectivity index (χ4n) is 4.45. The molecular formula is C34H44O6S3. The van der Waals surface area contributed by atoms with Gasteiger partial charge in [-0.1, -0.05) is 87.2 Å². The van der Waals surface area contributed by atoms with Crippen LogP contribution in [0, 0.1) is 0 Å². The van der Waals surface area contributed by atoms with Crippen molar-refractivity contribution in [3.8, 4) is 17.2 Å². The van der Waals surface area contributed by atoms with E-state index in [9.17, 15) is 18.3 Å². The molecule has 0 radical (unpaired) electrons. The summed E-state index contributed by atoms with van der Waals surface area (Å²) in [7, 11) is -3.56. The number of phenols is 1. The molecule has 0 saturated carbocycles. The Labute approximate surface area is 266 Å². The van der Waals surface area contributed by atoms with Crippen molar-refractivity contribution in [2.24, 2.45) is 0 Å². The number of aryl methyl sites for hydroxylation is 1. The molecule has 3 aromatic rings. The van der Waals surface area contributed by atoms with Crippen molar-refractivity contribution in [2.45, 2.75) is 70.0 Å². The van der Waals surface area contributed by atoms with Crippen LogP contribution in [0.1, 0.15) is 62.1 Å². The van der Waals surface area contributed by atoms with Gasteiger partial charge in [-0.3, -0.25) is 4.79 Å². The Hall–Kier alpha value is -2.62. The molecule has 3 rings (SSSR count). The van der Waals surface area contributed by atoms with Crippen molar-refractivity contribution in [3.05, 3.63) is 89.5 Å². The monoisotopic (exact) mass is 644 g/mol. The molecule has 234 valence electrons. The number of aromatic hydroxyl groups is 1. The molecule has 9 heteroatoms. The van der Waals surface area contributed by atoms with E-state index in [2.05, 4.69) is 31.2 Å². The highest BCUT2D eigenvalue weighted by Crippen LogP contribution is 2.26. The van der Waals surface area contributed by atoms with Gasteiger partial charge in [-0.05, 0) is 78.1 Å². The van der Waals surface area contributed by atoms with Crippen LogP contribution in [0.4, 0.5) is 0 Å². The van der Waals surface area contributed by atoms with Crippen LogP contribution < -0.4 is 8.92 Å². The van der Waals surface area contributed by atoms with Gasteiger partial charge in [0.1, 0.15) is 17.2 Å². The summed E-state index contributed by atoms with van der Waals surface area (Å²) in [5.74, 6) is 2.88. The van der Waals surface area contributed by atoms with Gasteiger partial charge in [-0.15, -0.1) is 11.8 Å². The maximum atomic E-state index is 13.3. The molecule has 0 amide bonds. The SMILES string of the molecule is CCCCCCCCSC(=O)[C@@H](Cc1ccc(CCOc2ccc(OS(C)(=O)=O)cc2)cc1)SCCc1ccc(O)cc1. The number of benzene rings is 3. The molecule has 0 aliphatic carbocycles. The molecule has 0 aliphatic rings. The van der Waals surface area contributed by atoms with Crippen LogP contribution in [0.5, 0.6) is 17.2 Å².